The maximum atomic E-state index is 12.2. The molecule has 116 valence electrons. The minimum atomic E-state index is -1.01. The number of nitrogens with zero attached hydrogens (tertiary/aromatic N) is 1. The van der Waals surface area contributed by atoms with Crippen molar-refractivity contribution in [3.05, 3.63) is 16.0 Å². The van der Waals surface area contributed by atoms with Crippen molar-refractivity contribution in [2.75, 3.05) is 32.1 Å². The van der Waals surface area contributed by atoms with E-state index in [4.69, 9.17) is 4.74 Å². The Labute approximate surface area is 127 Å². The number of likely N-dealkylation sites (tertiary alicyclic amines) is 1. The van der Waals surface area contributed by atoms with Crippen LogP contribution in [-0.4, -0.2) is 48.8 Å². The van der Waals surface area contributed by atoms with Crippen LogP contribution in [0.2, 0.25) is 0 Å². The smallest absolute Gasteiger partial charge is 0.338 e. The van der Waals surface area contributed by atoms with Gasteiger partial charge in [-0.25, -0.2) is 9.59 Å². The van der Waals surface area contributed by atoms with E-state index in [0.717, 1.165) is 11.3 Å². The highest BCUT2D eigenvalue weighted by Crippen LogP contribution is 2.32. The molecule has 2 N–H and O–H groups in total. The van der Waals surface area contributed by atoms with Gasteiger partial charge in [-0.05, 0) is 25.8 Å². The Morgan fingerprint density at radius 2 is 2.19 bits per heavy atom. The van der Waals surface area contributed by atoms with Crippen molar-refractivity contribution < 1.29 is 19.4 Å². The SMILES string of the molecule is COCC1CCN(C(=O)Nc2sc(C)c(C)c2C(=O)O)C1. The van der Waals surface area contributed by atoms with E-state index < -0.39 is 5.97 Å². The summed E-state index contributed by atoms with van der Waals surface area (Å²) in [6, 6.07) is -0.239. The lowest BCUT2D eigenvalue weighted by Crippen LogP contribution is -2.33. The zero-order valence-corrected chi connectivity index (χ0v) is 13.2. The standard InChI is InChI=1S/C14H20N2O4S/c1-8-9(2)21-12(11(8)13(17)18)15-14(19)16-5-4-10(6-16)7-20-3/h10H,4-7H2,1-3H3,(H,15,19)(H,17,18). The molecule has 1 unspecified atom stereocenters. The molecular weight excluding hydrogens is 292 g/mol. The number of carboxylic acids is 1. The number of aryl methyl sites for hydroxylation is 1. The van der Waals surface area contributed by atoms with Crippen LogP contribution in [0.3, 0.4) is 0 Å². The topological polar surface area (TPSA) is 78.9 Å². The molecule has 2 rings (SSSR count). The molecular formula is C14H20N2O4S. The first-order valence-corrected chi connectivity index (χ1v) is 7.63. The summed E-state index contributed by atoms with van der Waals surface area (Å²) in [6.07, 6.45) is 0.912. The molecule has 1 saturated heterocycles. The van der Waals surface area contributed by atoms with Crippen LogP contribution in [0.1, 0.15) is 27.2 Å². The van der Waals surface area contributed by atoms with Gasteiger partial charge in [-0.1, -0.05) is 0 Å². The average molecular weight is 312 g/mol. The molecule has 7 heteroatoms. The molecule has 1 aliphatic heterocycles. The maximum absolute atomic E-state index is 12.2. The molecule has 1 aliphatic rings. The summed E-state index contributed by atoms with van der Waals surface area (Å²) in [4.78, 5) is 26.2. The fourth-order valence-electron chi connectivity index (χ4n) is 2.54. The number of carbonyl (C=O) groups excluding carboxylic acids is 1. The lowest BCUT2D eigenvalue weighted by atomic mass is 10.1. The summed E-state index contributed by atoms with van der Waals surface area (Å²) in [7, 11) is 1.65. The Hall–Kier alpha value is -1.60. The fraction of sp³-hybridized carbons (Fsp3) is 0.571. The Morgan fingerprint density at radius 1 is 1.48 bits per heavy atom. The summed E-state index contributed by atoms with van der Waals surface area (Å²) >= 11 is 1.30. The zero-order valence-electron chi connectivity index (χ0n) is 12.4. The van der Waals surface area contributed by atoms with Crippen LogP contribution in [0.4, 0.5) is 9.80 Å². The van der Waals surface area contributed by atoms with E-state index >= 15 is 0 Å². The van der Waals surface area contributed by atoms with Gasteiger partial charge >= 0.3 is 12.0 Å². The van der Waals surface area contributed by atoms with E-state index in [9.17, 15) is 14.7 Å². The highest BCUT2D eigenvalue weighted by Gasteiger charge is 2.28. The molecule has 1 aromatic heterocycles. The van der Waals surface area contributed by atoms with Gasteiger partial charge in [-0.2, -0.15) is 0 Å². The van der Waals surface area contributed by atoms with Crippen molar-refractivity contribution in [3.8, 4) is 0 Å². The summed E-state index contributed by atoms with van der Waals surface area (Å²) < 4.78 is 5.11. The predicted octanol–water partition coefficient (Wildman–Crippen LogP) is 2.56. The largest absolute Gasteiger partial charge is 0.478 e. The van der Waals surface area contributed by atoms with E-state index in [2.05, 4.69) is 5.32 Å². The van der Waals surface area contributed by atoms with Crippen molar-refractivity contribution in [1.29, 1.82) is 0 Å². The molecule has 2 amide bonds. The van der Waals surface area contributed by atoms with Gasteiger partial charge in [-0.15, -0.1) is 11.3 Å². The number of carbonyl (C=O) groups is 2. The van der Waals surface area contributed by atoms with Crippen molar-refractivity contribution >= 4 is 28.3 Å². The molecule has 2 heterocycles. The van der Waals surface area contributed by atoms with Gasteiger partial charge in [0.15, 0.2) is 0 Å². The second kappa shape index (κ2) is 6.44. The van der Waals surface area contributed by atoms with Crippen molar-refractivity contribution in [3.63, 3.8) is 0 Å². The van der Waals surface area contributed by atoms with Crippen LogP contribution in [0.15, 0.2) is 0 Å². The number of aromatic carboxylic acids is 1. The first-order valence-electron chi connectivity index (χ1n) is 6.82. The highest BCUT2D eigenvalue weighted by atomic mass is 32.1. The van der Waals surface area contributed by atoms with Crippen molar-refractivity contribution in [2.24, 2.45) is 5.92 Å². The van der Waals surface area contributed by atoms with Gasteiger partial charge in [0.2, 0.25) is 0 Å². The minimum absolute atomic E-state index is 0.193. The number of ether oxygens (including phenoxy) is 1. The number of methoxy groups -OCH3 is 1. The molecule has 1 fully saturated rings. The monoisotopic (exact) mass is 312 g/mol. The summed E-state index contributed by atoms with van der Waals surface area (Å²) in [5, 5.41) is 12.4. The van der Waals surface area contributed by atoms with E-state index in [-0.39, 0.29) is 11.6 Å². The molecule has 6 nitrogen and oxygen atoms in total. The Balaban J connectivity index is 2.07. The normalized spacial score (nSPS) is 18.0. The van der Waals surface area contributed by atoms with E-state index in [1.165, 1.54) is 11.3 Å². The number of carboxylic acid groups (broad SMARTS) is 1. The molecule has 1 aromatic rings. The lowest BCUT2D eigenvalue weighted by molar-refractivity contribution is 0.0697. The molecule has 21 heavy (non-hydrogen) atoms. The van der Waals surface area contributed by atoms with Gasteiger partial charge < -0.3 is 14.7 Å². The minimum Gasteiger partial charge on any atom is -0.478 e. The van der Waals surface area contributed by atoms with Gasteiger partial charge in [0.25, 0.3) is 0 Å². The molecule has 0 bridgehead atoms. The number of hydrogen-bond donors (Lipinski definition) is 2. The lowest BCUT2D eigenvalue weighted by Gasteiger charge is -2.17. The number of amides is 2. The second-order valence-electron chi connectivity index (χ2n) is 5.28. The summed E-state index contributed by atoms with van der Waals surface area (Å²) in [6.45, 7) is 5.57. The third kappa shape index (κ3) is 3.36. The number of urea groups is 1. The van der Waals surface area contributed by atoms with Gasteiger partial charge in [0.1, 0.15) is 5.00 Å². The van der Waals surface area contributed by atoms with Crippen LogP contribution in [0, 0.1) is 19.8 Å². The number of hydrogen-bond acceptors (Lipinski definition) is 4. The number of rotatable bonds is 4. The van der Waals surface area contributed by atoms with Crippen LogP contribution >= 0.6 is 11.3 Å². The van der Waals surface area contributed by atoms with Gasteiger partial charge in [0.05, 0.1) is 12.2 Å². The van der Waals surface area contributed by atoms with Crippen molar-refractivity contribution in [1.82, 2.24) is 4.90 Å². The van der Waals surface area contributed by atoms with Crippen molar-refractivity contribution in [2.45, 2.75) is 20.3 Å². The zero-order chi connectivity index (χ0) is 15.6. The van der Waals surface area contributed by atoms with Crippen LogP contribution in [0.25, 0.3) is 0 Å². The Bertz CT molecular complexity index is 555. The van der Waals surface area contributed by atoms with Crippen LogP contribution in [-0.2, 0) is 4.74 Å². The fourth-order valence-corrected chi connectivity index (χ4v) is 3.58. The predicted molar refractivity (Wildman–Crippen MR) is 81.3 cm³/mol. The molecule has 0 radical (unpaired) electrons. The molecule has 0 spiro atoms. The van der Waals surface area contributed by atoms with E-state index in [1.54, 1.807) is 18.9 Å². The Kier molecular flexibility index (Phi) is 4.84. The first-order chi connectivity index (χ1) is 9.93. The van der Waals surface area contributed by atoms with E-state index in [0.29, 0.717) is 36.2 Å². The number of nitrogens with one attached hydrogen (secondary N) is 1. The van der Waals surface area contributed by atoms with Crippen LogP contribution in [0.5, 0.6) is 0 Å². The average Bonchev–Trinajstić information content (AvgIpc) is 2.96. The quantitative estimate of drug-likeness (QED) is 0.895. The number of anilines is 1. The summed E-state index contributed by atoms with van der Waals surface area (Å²) in [5.74, 6) is -0.655. The third-order valence-corrected chi connectivity index (χ3v) is 4.92. The van der Waals surface area contributed by atoms with Crippen LogP contribution < -0.4 is 5.32 Å². The molecule has 1 atom stereocenters. The summed E-state index contributed by atoms with van der Waals surface area (Å²) in [5.41, 5.74) is 0.903. The second-order valence-corrected chi connectivity index (χ2v) is 6.50. The molecule has 0 saturated carbocycles. The Morgan fingerprint density at radius 3 is 2.81 bits per heavy atom. The number of thiophene rings is 1. The van der Waals surface area contributed by atoms with Gasteiger partial charge in [0, 0.05) is 31.0 Å². The first kappa shape index (κ1) is 15.8. The maximum Gasteiger partial charge on any atom is 0.338 e. The molecule has 0 aliphatic carbocycles. The van der Waals surface area contributed by atoms with Gasteiger partial charge in [-0.3, -0.25) is 5.32 Å². The third-order valence-electron chi connectivity index (χ3n) is 3.80. The highest BCUT2D eigenvalue weighted by molar-refractivity contribution is 7.16. The van der Waals surface area contributed by atoms with E-state index in [1.807, 2.05) is 6.92 Å². The molecule has 0 aromatic carbocycles.